The van der Waals surface area contributed by atoms with Gasteiger partial charge >= 0.3 is 0 Å². The third-order valence-electron chi connectivity index (χ3n) is 12.4. The number of carbonyl (C=O) groups excluding carboxylic acids is 1. The van der Waals surface area contributed by atoms with E-state index in [9.17, 15) is 61.0 Å². The quantitative estimate of drug-likeness (QED) is 0.0400. The number of ether oxygens (including phenoxy) is 6. The van der Waals surface area contributed by atoms with Crippen LogP contribution in [0, 0.1) is 0 Å². The number of hydrogen-bond donors (Lipinski definition) is 12. The molecule has 17 atom stereocenters. The summed E-state index contributed by atoms with van der Waals surface area (Å²) in [6.45, 7) is 1.56. The fourth-order valence-electron chi connectivity index (χ4n) is 8.37. The topological polar surface area (TPSA) is 307 Å². The predicted molar refractivity (Wildman–Crippen MR) is 227 cm³/mol. The molecule has 3 rings (SSSR count). The Morgan fingerprint density at radius 2 is 0.905 bits per heavy atom. The second-order valence-electron chi connectivity index (χ2n) is 17.6. The van der Waals surface area contributed by atoms with Crippen molar-refractivity contribution in [1.29, 1.82) is 0 Å². The Bertz CT molecular complexity index is 1190. The van der Waals surface area contributed by atoms with E-state index >= 15 is 0 Å². The minimum absolute atomic E-state index is 0.254. The first-order valence-corrected chi connectivity index (χ1v) is 23.8. The fourth-order valence-corrected chi connectivity index (χ4v) is 8.37. The molecule has 0 aliphatic carbocycles. The zero-order chi connectivity index (χ0) is 46.3. The summed E-state index contributed by atoms with van der Waals surface area (Å²) in [6.07, 6.45) is -5.26. The predicted octanol–water partition coefficient (Wildman–Crippen LogP) is 0.139. The highest BCUT2D eigenvalue weighted by molar-refractivity contribution is 5.76. The zero-order valence-corrected chi connectivity index (χ0v) is 37.6. The van der Waals surface area contributed by atoms with Gasteiger partial charge in [0.2, 0.25) is 5.91 Å². The van der Waals surface area contributed by atoms with Gasteiger partial charge in [-0.3, -0.25) is 4.79 Å². The van der Waals surface area contributed by atoms with Crippen LogP contribution in [0.5, 0.6) is 0 Å². The van der Waals surface area contributed by atoms with Crippen LogP contribution in [0.2, 0.25) is 0 Å². The smallest absolute Gasteiger partial charge is 0.220 e. The number of rotatable bonds is 32. The Morgan fingerprint density at radius 1 is 0.508 bits per heavy atom. The number of aliphatic hydroxyl groups excluding tert-OH is 11. The Balaban J connectivity index is 1.51. The Morgan fingerprint density at radius 3 is 1.38 bits per heavy atom. The highest BCUT2D eigenvalue weighted by Gasteiger charge is 2.53. The third kappa shape index (κ3) is 18.1. The molecule has 0 saturated carbocycles. The second kappa shape index (κ2) is 31.0. The molecule has 1 amide bonds. The summed E-state index contributed by atoms with van der Waals surface area (Å²) in [5, 5.41) is 119. The van der Waals surface area contributed by atoms with E-state index in [2.05, 4.69) is 12.2 Å². The minimum Gasteiger partial charge on any atom is -0.394 e. The lowest BCUT2D eigenvalue weighted by Gasteiger charge is -2.48. The summed E-state index contributed by atoms with van der Waals surface area (Å²) < 4.78 is 33.9. The third-order valence-corrected chi connectivity index (χ3v) is 12.4. The summed E-state index contributed by atoms with van der Waals surface area (Å²) in [5.74, 6) is -0.269. The molecule has 3 heterocycles. The highest BCUT2D eigenvalue weighted by atomic mass is 16.8. The van der Waals surface area contributed by atoms with E-state index in [-0.39, 0.29) is 18.9 Å². The van der Waals surface area contributed by atoms with Crippen molar-refractivity contribution in [1.82, 2.24) is 5.32 Å². The van der Waals surface area contributed by atoms with Gasteiger partial charge in [-0.1, -0.05) is 123 Å². The molecule has 0 aromatic carbocycles. The molecule has 0 aromatic heterocycles. The first-order chi connectivity index (χ1) is 30.3. The SMILES string of the molecule is CCCCCCCCCCCCCCCCCC(O)C(COC1OC(CO)C(OC2OC(CO)C(OC3OC(CO)C(O)C(O)C3O)C(O)C2O)C(O)C1O)NC(=O)CCCCC. The normalized spacial score (nSPS) is 34.8. The van der Waals surface area contributed by atoms with Gasteiger partial charge in [-0.15, -0.1) is 0 Å². The maximum atomic E-state index is 12.9. The number of unbranched alkanes of at least 4 members (excludes halogenated alkanes) is 16. The number of aliphatic hydroxyl groups is 11. The van der Waals surface area contributed by atoms with E-state index < -0.39 is 124 Å². The van der Waals surface area contributed by atoms with E-state index in [1.54, 1.807) is 0 Å². The van der Waals surface area contributed by atoms with Gasteiger partial charge in [0.05, 0.1) is 38.6 Å². The van der Waals surface area contributed by atoms with Crippen LogP contribution in [-0.2, 0) is 33.2 Å². The largest absolute Gasteiger partial charge is 0.394 e. The highest BCUT2D eigenvalue weighted by Crippen LogP contribution is 2.33. The van der Waals surface area contributed by atoms with Crippen molar-refractivity contribution in [3.8, 4) is 0 Å². The lowest BCUT2D eigenvalue weighted by molar-refractivity contribution is -0.379. The second-order valence-corrected chi connectivity index (χ2v) is 17.6. The van der Waals surface area contributed by atoms with E-state index in [4.69, 9.17) is 28.4 Å². The Kier molecular flexibility index (Phi) is 27.6. The minimum atomic E-state index is -1.96. The first kappa shape index (κ1) is 56.1. The maximum absolute atomic E-state index is 12.9. The summed E-state index contributed by atoms with van der Waals surface area (Å²) in [5.41, 5.74) is 0. The van der Waals surface area contributed by atoms with Crippen LogP contribution >= 0.6 is 0 Å². The molecule has 3 aliphatic heterocycles. The van der Waals surface area contributed by atoms with Crippen LogP contribution in [0.1, 0.15) is 142 Å². The number of carbonyl (C=O) groups is 1. The average Bonchev–Trinajstić information content (AvgIpc) is 3.28. The molecule has 63 heavy (non-hydrogen) atoms. The molecule has 3 aliphatic rings. The summed E-state index contributed by atoms with van der Waals surface area (Å²) >= 11 is 0. The molecule has 19 heteroatoms. The number of amides is 1. The van der Waals surface area contributed by atoms with Crippen LogP contribution in [0.25, 0.3) is 0 Å². The zero-order valence-electron chi connectivity index (χ0n) is 37.6. The van der Waals surface area contributed by atoms with Gasteiger partial charge in [0.15, 0.2) is 18.9 Å². The lowest BCUT2D eigenvalue weighted by atomic mass is 9.96. The molecular formula is C44H83NO18. The monoisotopic (exact) mass is 914 g/mol. The molecule has 3 fully saturated rings. The molecule has 19 nitrogen and oxygen atoms in total. The van der Waals surface area contributed by atoms with E-state index in [0.717, 1.165) is 38.5 Å². The Labute approximate surface area is 373 Å². The van der Waals surface area contributed by atoms with Gasteiger partial charge in [0, 0.05) is 6.42 Å². The van der Waals surface area contributed by atoms with Crippen molar-refractivity contribution in [2.75, 3.05) is 26.4 Å². The number of hydrogen-bond acceptors (Lipinski definition) is 18. The molecule has 3 saturated heterocycles. The van der Waals surface area contributed by atoms with Crippen molar-refractivity contribution in [3.63, 3.8) is 0 Å². The van der Waals surface area contributed by atoms with Crippen LogP contribution in [0.4, 0.5) is 0 Å². The molecule has 0 aromatic rings. The fraction of sp³-hybridized carbons (Fsp3) is 0.977. The van der Waals surface area contributed by atoms with Crippen LogP contribution in [-0.4, -0.2) is 193 Å². The molecule has 0 bridgehead atoms. The van der Waals surface area contributed by atoms with Crippen LogP contribution in [0.3, 0.4) is 0 Å². The van der Waals surface area contributed by atoms with Crippen LogP contribution < -0.4 is 5.32 Å². The standard InChI is InChI=1S/C44H83NO18/c1-3-5-7-8-9-10-11-12-13-14-15-16-17-18-20-21-28(49)27(45-32(50)22-19-6-4-2)26-58-42-38(56)35(53)40(30(24-47)60-42)63-44-39(57)36(54)41(31(25-48)61-44)62-43-37(55)34(52)33(51)29(23-46)59-43/h27-31,33-44,46-49,51-57H,3-26H2,1-2H3,(H,45,50). The number of nitrogens with one attached hydrogen (secondary N) is 1. The summed E-state index contributed by atoms with van der Waals surface area (Å²) in [7, 11) is 0. The molecule has 17 unspecified atom stereocenters. The molecule has 372 valence electrons. The van der Waals surface area contributed by atoms with Gasteiger partial charge in [-0.05, 0) is 12.8 Å². The van der Waals surface area contributed by atoms with Gasteiger partial charge in [0.1, 0.15) is 73.2 Å². The molecular weight excluding hydrogens is 830 g/mol. The lowest BCUT2D eigenvalue weighted by Crippen LogP contribution is -2.66. The molecule has 0 radical (unpaired) electrons. The van der Waals surface area contributed by atoms with E-state index in [1.165, 1.54) is 70.6 Å². The summed E-state index contributed by atoms with van der Waals surface area (Å²) in [6, 6.07) is -0.874. The van der Waals surface area contributed by atoms with Gasteiger partial charge in [0.25, 0.3) is 0 Å². The van der Waals surface area contributed by atoms with Crippen molar-refractivity contribution >= 4 is 5.91 Å². The van der Waals surface area contributed by atoms with Crippen molar-refractivity contribution in [2.45, 2.75) is 247 Å². The molecule has 12 N–H and O–H groups in total. The Hall–Kier alpha value is -1.21. The van der Waals surface area contributed by atoms with Gasteiger partial charge in [-0.2, -0.15) is 0 Å². The van der Waals surface area contributed by atoms with E-state index in [1.807, 2.05) is 6.92 Å². The average molecular weight is 914 g/mol. The van der Waals surface area contributed by atoms with Gasteiger partial charge in [-0.25, -0.2) is 0 Å². The van der Waals surface area contributed by atoms with Gasteiger partial charge < -0.3 is 89.9 Å². The first-order valence-electron chi connectivity index (χ1n) is 23.8. The van der Waals surface area contributed by atoms with Crippen LogP contribution in [0.15, 0.2) is 0 Å². The molecule has 0 spiro atoms. The van der Waals surface area contributed by atoms with Crippen molar-refractivity contribution < 1.29 is 89.4 Å². The van der Waals surface area contributed by atoms with E-state index in [0.29, 0.717) is 12.8 Å². The van der Waals surface area contributed by atoms with Crippen molar-refractivity contribution in [2.24, 2.45) is 0 Å². The maximum Gasteiger partial charge on any atom is 0.220 e. The van der Waals surface area contributed by atoms with Crippen molar-refractivity contribution in [3.05, 3.63) is 0 Å². The summed E-state index contributed by atoms with van der Waals surface area (Å²) in [4.78, 5) is 12.9.